The van der Waals surface area contributed by atoms with Crippen LogP contribution in [-0.4, -0.2) is 12.0 Å². The van der Waals surface area contributed by atoms with E-state index in [0.29, 0.717) is 5.75 Å². The highest BCUT2D eigenvalue weighted by atomic mass is 16.5. The third-order valence-electron chi connectivity index (χ3n) is 3.69. The number of benzene rings is 2. The van der Waals surface area contributed by atoms with E-state index in [-0.39, 0.29) is 5.91 Å². The van der Waals surface area contributed by atoms with Crippen molar-refractivity contribution in [1.29, 1.82) is 0 Å². The summed E-state index contributed by atoms with van der Waals surface area (Å²) in [6, 6.07) is 13.7. The van der Waals surface area contributed by atoms with Crippen LogP contribution in [0, 0.1) is 13.8 Å². The first kappa shape index (κ1) is 16.1. The lowest BCUT2D eigenvalue weighted by Crippen LogP contribution is -2.30. The SMILES string of the molecule is CCc1cccc(C)c1NC(=O)[C@@H](C)Oc1ccc(C)cc1. The van der Waals surface area contributed by atoms with Gasteiger partial charge < -0.3 is 10.1 Å². The van der Waals surface area contributed by atoms with Crippen LogP contribution in [0.15, 0.2) is 42.5 Å². The van der Waals surface area contributed by atoms with Crippen LogP contribution in [0.25, 0.3) is 0 Å². The maximum Gasteiger partial charge on any atom is 0.265 e. The van der Waals surface area contributed by atoms with Crippen molar-refractivity contribution in [2.45, 2.75) is 40.2 Å². The first-order valence-electron chi connectivity index (χ1n) is 7.64. The Morgan fingerprint density at radius 2 is 1.82 bits per heavy atom. The van der Waals surface area contributed by atoms with Crippen LogP contribution < -0.4 is 10.1 Å². The first-order valence-corrected chi connectivity index (χ1v) is 7.64. The van der Waals surface area contributed by atoms with Crippen LogP contribution in [-0.2, 0) is 11.2 Å². The maximum atomic E-state index is 12.4. The van der Waals surface area contributed by atoms with Crippen LogP contribution in [0.3, 0.4) is 0 Å². The maximum absolute atomic E-state index is 12.4. The predicted octanol–water partition coefficient (Wildman–Crippen LogP) is 4.27. The summed E-state index contributed by atoms with van der Waals surface area (Å²) >= 11 is 0. The van der Waals surface area contributed by atoms with Crippen molar-refractivity contribution in [2.24, 2.45) is 0 Å². The summed E-state index contributed by atoms with van der Waals surface area (Å²) < 4.78 is 5.70. The third-order valence-corrected chi connectivity index (χ3v) is 3.69. The Hall–Kier alpha value is -2.29. The number of hydrogen-bond acceptors (Lipinski definition) is 2. The van der Waals surface area contributed by atoms with Crippen molar-refractivity contribution in [2.75, 3.05) is 5.32 Å². The molecule has 0 spiro atoms. The molecule has 2 rings (SSSR count). The van der Waals surface area contributed by atoms with E-state index in [1.54, 1.807) is 6.92 Å². The topological polar surface area (TPSA) is 38.3 Å². The van der Waals surface area contributed by atoms with E-state index >= 15 is 0 Å². The molecule has 0 saturated heterocycles. The van der Waals surface area contributed by atoms with Gasteiger partial charge in [0.1, 0.15) is 5.75 Å². The molecule has 2 aromatic carbocycles. The zero-order valence-corrected chi connectivity index (χ0v) is 13.6. The number of aryl methyl sites for hydroxylation is 3. The Bertz CT molecular complexity index is 647. The Kier molecular flexibility index (Phi) is 5.21. The van der Waals surface area contributed by atoms with Gasteiger partial charge in [0.15, 0.2) is 6.10 Å². The van der Waals surface area contributed by atoms with E-state index in [1.807, 2.05) is 56.3 Å². The van der Waals surface area contributed by atoms with Crippen LogP contribution in [0.1, 0.15) is 30.5 Å². The minimum absolute atomic E-state index is 0.135. The van der Waals surface area contributed by atoms with E-state index in [2.05, 4.69) is 12.2 Å². The summed E-state index contributed by atoms with van der Waals surface area (Å²) in [4.78, 5) is 12.4. The highest BCUT2D eigenvalue weighted by Gasteiger charge is 2.17. The normalized spacial score (nSPS) is 11.8. The van der Waals surface area contributed by atoms with E-state index < -0.39 is 6.10 Å². The number of carbonyl (C=O) groups excluding carboxylic acids is 1. The fourth-order valence-corrected chi connectivity index (χ4v) is 2.30. The van der Waals surface area contributed by atoms with Crippen molar-refractivity contribution < 1.29 is 9.53 Å². The minimum atomic E-state index is -0.549. The van der Waals surface area contributed by atoms with Gasteiger partial charge in [0.2, 0.25) is 0 Å². The molecule has 3 heteroatoms. The monoisotopic (exact) mass is 297 g/mol. The molecule has 1 atom stereocenters. The largest absolute Gasteiger partial charge is 0.481 e. The van der Waals surface area contributed by atoms with E-state index in [0.717, 1.165) is 28.8 Å². The van der Waals surface area contributed by atoms with Crippen molar-refractivity contribution >= 4 is 11.6 Å². The summed E-state index contributed by atoms with van der Waals surface area (Å²) in [6.07, 6.45) is 0.330. The molecule has 0 saturated carbocycles. The number of amides is 1. The molecule has 3 nitrogen and oxygen atoms in total. The lowest BCUT2D eigenvalue weighted by atomic mass is 10.1. The lowest BCUT2D eigenvalue weighted by Gasteiger charge is -2.17. The second kappa shape index (κ2) is 7.12. The minimum Gasteiger partial charge on any atom is -0.481 e. The molecule has 0 heterocycles. The molecule has 0 aliphatic heterocycles. The standard InChI is InChI=1S/C19H23NO2/c1-5-16-8-6-7-14(3)18(16)20-19(21)15(4)22-17-11-9-13(2)10-12-17/h6-12,15H,5H2,1-4H3,(H,20,21)/t15-/m1/s1. The zero-order chi connectivity index (χ0) is 16.1. The van der Waals surface area contributed by atoms with Crippen LogP contribution >= 0.6 is 0 Å². The molecule has 22 heavy (non-hydrogen) atoms. The quantitative estimate of drug-likeness (QED) is 0.895. The molecule has 0 unspecified atom stereocenters. The van der Waals surface area contributed by atoms with Crippen molar-refractivity contribution in [1.82, 2.24) is 0 Å². The van der Waals surface area contributed by atoms with Crippen LogP contribution in [0.2, 0.25) is 0 Å². The summed E-state index contributed by atoms with van der Waals surface area (Å²) in [5.41, 5.74) is 4.26. The molecule has 0 aromatic heterocycles. The molecule has 116 valence electrons. The number of ether oxygens (including phenoxy) is 1. The Morgan fingerprint density at radius 1 is 1.14 bits per heavy atom. The van der Waals surface area contributed by atoms with Crippen molar-refractivity contribution in [3.8, 4) is 5.75 Å². The number of carbonyl (C=O) groups is 1. The predicted molar refractivity (Wildman–Crippen MR) is 90.5 cm³/mol. The summed E-state index contributed by atoms with van der Waals surface area (Å²) in [5.74, 6) is 0.568. The smallest absolute Gasteiger partial charge is 0.265 e. The molecule has 1 amide bonds. The molecule has 0 fully saturated rings. The first-order chi connectivity index (χ1) is 10.5. The number of para-hydroxylation sites is 1. The molecule has 0 aliphatic rings. The Morgan fingerprint density at radius 3 is 2.45 bits per heavy atom. The average molecular weight is 297 g/mol. The van der Waals surface area contributed by atoms with Gasteiger partial charge in [-0.15, -0.1) is 0 Å². The molecular weight excluding hydrogens is 274 g/mol. The van der Waals surface area contributed by atoms with Crippen molar-refractivity contribution in [3.63, 3.8) is 0 Å². The van der Waals surface area contributed by atoms with E-state index in [9.17, 15) is 4.79 Å². The molecule has 1 N–H and O–H groups in total. The summed E-state index contributed by atoms with van der Waals surface area (Å²) in [5, 5.41) is 3.00. The number of nitrogens with one attached hydrogen (secondary N) is 1. The number of rotatable bonds is 5. The second-order valence-electron chi connectivity index (χ2n) is 5.52. The van der Waals surface area contributed by atoms with Crippen molar-refractivity contribution in [3.05, 3.63) is 59.2 Å². The Balaban J connectivity index is 2.07. The van der Waals surface area contributed by atoms with Gasteiger partial charge in [-0.25, -0.2) is 0 Å². The molecule has 2 aromatic rings. The Labute approximate surface area is 132 Å². The zero-order valence-electron chi connectivity index (χ0n) is 13.6. The molecule has 0 bridgehead atoms. The van der Waals surface area contributed by atoms with E-state index in [4.69, 9.17) is 4.74 Å². The summed E-state index contributed by atoms with van der Waals surface area (Å²) in [7, 11) is 0. The van der Waals surface area contributed by atoms with Crippen LogP contribution in [0.4, 0.5) is 5.69 Å². The average Bonchev–Trinajstić information content (AvgIpc) is 2.51. The fraction of sp³-hybridized carbons (Fsp3) is 0.316. The lowest BCUT2D eigenvalue weighted by molar-refractivity contribution is -0.122. The van der Waals surface area contributed by atoms with Crippen LogP contribution in [0.5, 0.6) is 5.75 Å². The molecular formula is C19H23NO2. The number of hydrogen-bond donors (Lipinski definition) is 1. The third kappa shape index (κ3) is 3.88. The fourth-order valence-electron chi connectivity index (χ4n) is 2.30. The number of anilines is 1. The van der Waals surface area contributed by atoms with Gasteiger partial charge in [-0.05, 0) is 50.5 Å². The van der Waals surface area contributed by atoms with Gasteiger partial charge in [0.25, 0.3) is 5.91 Å². The van der Waals surface area contributed by atoms with Gasteiger partial charge in [-0.2, -0.15) is 0 Å². The van der Waals surface area contributed by atoms with Gasteiger partial charge in [0.05, 0.1) is 0 Å². The van der Waals surface area contributed by atoms with Gasteiger partial charge in [0, 0.05) is 5.69 Å². The van der Waals surface area contributed by atoms with Gasteiger partial charge in [-0.1, -0.05) is 42.8 Å². The molecule has 0 radical (unpaired) electrons. The second-order valence-corrected chi connectivity index (χ2v) is 5.52. The summed E-state index contributed by atoms with van der Waals surface area (Å²) in [6.45, 7) is 7.86. The van der Waals surface area contributed by atoms with E-state index in [1.165, 1.54) is 0 Å². The highest BCUT2D eigenvalue weighted by molar-refractivity contribution is 5.95. The van der Waals surface area contributed by atoms with Gasteiger partial charge >= 0.3 is 0 Å². The molecule has 0 aliphatic carbocycles. The van der Waals surface area contributed by atoms with Gasteiger partial charge in [-0.3, -0.25) is 4.79 Å². The highest BCUT2D eigenvalue weighted by Crippen LogP contribution is 2.22.